The summed E-state index contributed by atoms with van der Waals surface area (Å²) in [5, 5.41) is 0. The molecule has 0 aromatic heterocycles. The topological polar surface area (TPSA) is 32.8 Å². The third kappa shape index (κ3) is 6.80. The smallest absolute Gasteiger partial charge is 0.254 e. The van der Waals surface area contributed by atoms with Crippen LogP contribution in [0.2, 0.25) is 0 Å². The van der Waals surface area contributed by atoms with Crippen LogP contribution in [0.25, 0.3) is 6.08 Å². The van der Waals surface area contributed by atoms with Gasteiger partial charge in [0.1, 0.15) is 5.82 Å². The molecule has 1 amide bonds. The first-order chi connectivity index (χ1) is 14.1. The van der Waals surface area contributed by atoms with E-state index in [9.17, 15) is 9.18 Å². The van der Waals surface area contributed by atoms with E-state index in [0.29, 0.717) is 18.7 Å². The monoisotopic (exact) mass is 396 g/mol. The van der Waals surface area contributed by atoms with Gasteiger partial charge in [-0.3, -0.25) is 9.69 Å². The van der Waals surface area contributed by atoms with Crippen LogP contribution in [0.1, 0.15) is 29.3 Å². The second-order valence-electron chi connectivity index (χ2n) is 7.45. The Bertz CT molecular complexity index is 817. The average molecular weight is 397 g/mol. The molecule has 1 aliphatic rings. The van der Waals surface area contributed by atoms with Gasteiger partial charge in [-0.15, -0.1) is 0 Å². The Morgan fingerprint density at radius 2 is 1.90 bits per heavy atom. The van der Waals surface area contributed by atoms with Gasteiger partial charge in [0.2, 0.25) is 0 Å². The summed E-state index contributed by atoms with van der Waals surface area (Å²) >= 11 is 0. The van der Waals surface area contributed by atoms with Gasteiger partial charge in [-0.1, -0.05) is 48.0 Å². The molecule has 1 heterocycles. The van der Waals surface area contributed by atoms with Crippen LogP contribution in [-0.2, 0) is 4.74 Å². The molecule has 1 fully saturated rings. The molecule has 3 rings (SSSR count). The van der Waals surface area contributed by atoms with Gasteiger partial charge in [0, 0.05) is 38.3 Å². The molecule has 2 aromatic rings. The first-order valence-corrected chi connectivity index (χ1v) is 10.2. The van der Waals surface area contributed by atoms with Crippen molar-refractivity contribution in [3.05, 3.63) is 77.1 Å². The molecule has 0 bridgehead atoms. The molecular weight excluding hydrogens is 367 g/mol. The first kappa shape index (κ1) is 21.2. The lowest BCUT2D eigenvalue weighted by Gasteiger charge is -2.28. The molecule has 0 aliphatic carbocycles. The molecule has 0 saturated carbocycles. The molecule has 1 saturated heterocycles. The van der Waals surface area contributed by atoms with Crippen LogP contribution in [0, 0.1) is 5.82 Å². The lowest BCUT2D eigenvalue weighted by molar-refractivity contribution is 0.0358. The Morgan fingerprint density at radius 3 is 2.62 bits per heavy atom. The van der Waals surface area contributed by atoms with Crippen molar-refractivity contribution >= 4 is 12.0 Å². The lowest BCUT2D eigenvalue weighted by atomic mass is 10.1. The van der Waals surface area contributed by atoms with Crippen molar-refractivity contribution in [1.82, 2.24) is 9.80 Å². The van der Waals surface area contributed by atoms with Crippen LogP contribution in [0.15, 0.2) is 60.2 Å². The minimum absolute atomic E-state index is 0.132. The molecule has 2 aromatic carbocycles. The quantitative estimate of drug-likeness (QED) is 0.674. The van der Waals surface area contributed by atoms with Crippen molar-refractivity contribution in [2.45, 2.75) is 13.3 Å². The van der Waals surface area contributed by atoms with Crippen LogP contribution in [0.5, 0.6) is 0 Å². The Kier molecular flexibility index (Phi) is 7.96. The minimum Gasteiger partial charge on any atom is -0.379 e. The van der Waals surface area contributed by atoms with Gasteiger partial charge >= 0.3 is 0 Å². The van der Waals surface area contributed by atoms with E-state index in [4.69, 9.17) is 4.74 Å². The maximum atomic E-state index is 13.6. The number of benzene rings is 2. The summed E-state index contributed by atoms with van der Waals surface area (Å²) in [4.78, 5) is 17.3. The highest BCUT2D eigenvalue weighted by atomic mass is 19.1. The standard InChI is InChI=1S/C24H29FN2O2/c1-20(17-21-7-3-2-4-8-21)19-27(12-6-11-26-13-15-29-16-14-26)24(28)22-9-5-10-23(25)18-22/h2-5,7-10,17-18H,6,11-16,19H2,1H3/b20-17+. The van der Waals surface area contributed by atoms with Gasteiger partial charge < -0.3 is 9.64 Å². The molecule has 1 aliphatic heterocycles. The highest BCUT2D eigenvalue weighted by molar-refractivity contribution is 5.94. The van der Waals surface area contributed by atoms with Gasteiger partial charge in [-0.05, 0) is 37.1 Å². The van der Waals surface area contributed by atoms with E-state index in [1.165, 1.54) is 12.1 Å². The fraction of sp³-hybridized carbons (Fsp3) is 0.375. The number of nitrogens with zero attached hydrogens (tertiary/aromatic N) is 2. The van der Waals surface area contributed by atoms with Crippen molar-refractivity contribution in [2.75, 3.05) is 45.9 Å². The van der Waals surface area contributed by atoms with Crippen molar-refractivity contribution < 1.29 is 13.9 Å². The largest absolute Gasteiger partial charge is 0.379 e. The molecule has 0 radical (unpaired) electrons. The summed E-state index contributed by atoms with van der Waals surface area (Å²) in [7, 11) is 0. The molecule has 0 unspecified atom stereocenters. The molecule has 29 heavy (non-hydrogen) atoms. The fourth-order valence-electron chi connectivity index (χ4n) is 3.55. The molecule has 154 valence electrons. The summed E-state index contributed by atoms with van der Waals surface area (Å²) in [5.41, 5.74) is 2.59. The number of carbonyl (C=O) groups is 1. The summed E-state index contributed by atoms with van der Waals surface area (Å²) in [6.07, 6.45) is 2.97. The molecular formula is C24H29FN2O2. The number of hydrogen-bond donors (Lipinski definition) is 0. The van der Waals surface area contributed by atoms with Gasteiger partial charge in [0.05, 0.1) is 13.2 Å². The highest BCUT2D eigenvalue weighted by Gasteiger charge is 2.18. The Labute approximate surface area is 172 Å². The van der Waals surface area contributed by atoms with Gasteiger partial charge in [-0.2, -0.15) is 0 Å². The first-order valence-electron chi connectivity index (χ1n) is 10.2. The Morgan fingerprint density at radius 1 is 1.14 bits per heavy atom. The number of morpholine rings is 1. The lowest BCUT2D eigenvalue weighted by Crippen LogP contribution is -2.39. The second kappa shape index (κ2) is 10.9. The minimum atomic E-state index is -0.388. The summed E-state index contributed by atoms with van der Waals surface area (Å²) in [5.74, 6) is -0.520. The fourth-order valence-corrected chi connectivity index (χ4v) is 3.55. The van der Waals surface area contributed by atoms with E-state index in [2.05, 4.69) is 11.0 Å². The predicted octanol–water partition coefficient (Wildman–Crippen LogP) is 4.09. The number of rotatable bonds is 8. The molecule has 0 N–H and O–H groups in total. The summed E-state index contributed by atoms with van der Waals surface area (Å²) in [6, 6.07) is 16.0. The van der Waals surface area contributed by atoms with Crippen LogP contribution in [-0.4, -0.2) is 61.6 Å². The van der Waals surface area contributed by atoms with Crippen molar-refractivity contribution in [2.24, 2.45) is 0 Å². The van der Waals surface area contributed by atoms with E-state index in [1.807, 2.05) is 42.2 Å². The van der Waals surface area contributed by atoms with E-state index < -0.39 is 0 Å². The molecule has 0 spiro atoms. The van der Waals surface area contributed by atoms with Gasteiger partial charge in [0.25, 0.3) is 5.91 Å². The predicted molar refractivity (Wildman–Crippen MR) is 114 cm³/mol. The maximum absolute atomic E-state index is 13.6. The number of halogens is 1. The maximum Gasteiger partial charge on any atom is 0.254 e. The van der Waals surface area contributed by atoms with Crippen LogP contribution in [0.4, 0.5) is 4.39 Å². The zero-order chi connectivity index (χ0) is 20.5. The Hall–Kier alpha value is -2.50. The molecule has 4 nitrogen and oxygen atoms in total. The zero-order valence-corrected chi connectivity index (χ0v) is 17.0. The van der Waals surface area contributed by atoms with Crippen molar-refractivity contribution in [3.63, 3.8) is 0 Å². The molecule has 0 atom stereocenters. The average Bonchev–Trinajstić information content (AvgIpc) is 2.74. The third-order valence-electron chi connectivity index (χ3n) is 5.02. The normalized spacial score (nSPS) is 15.3. The highest BCUT2D eigenvalue weighted by Crippen LogP contribution is 2.13. The van der Waals surface area contributed by atoms with E-state index in [1.54, 1.807) is 12.1 Å². The summed E-state index contributed by atoms with van der Waals surface area (Å²) in [6.45, 7) is 7.52. The van der Waals surface area contributed by atoms with Crippen LogP contribution in [0.3, 0.4) is 0 Å². The molecule has 5 heteroatoms. The SMILES string of the molecule is C/C(=C\c1ccccc1)CN(CCCN1CCOCC1)C(=O)c1cccc(F)c1. The van der Waals surface area contributed by atoms with Gasteiger partial charge in [0.15, 0.2) is 0 Å². The number of amides is 1. The van der Waals surface area contributed by atoms with Crippen molar-refractivity contribution in [3.8, 4) is 0 Å². The zero-order valence-electron chi connectivity index (χ0n) is 17.0. The van der Waals surface area contributed by atoms with Crippen LogP contribution >= 0.6 is 0 Å². The summed E-state index contributed by atoms with van der Waals surface area (Å²) < 4.78 is 19.0. The van der Waals surface area contributed by atoms with Gasteiger partial charge in [-0.25, -0.2) is 4.39 Å². The van der Waals surface area contributed by atoms with Crippen molar-refractivity contribution in [1.29, 1.82) is 0 Å². The third-order valence-corrected chi connectivity index (χ3v) is 5.02. The van der Waals surface area contributed by atoms with E-state index >= 15 is 0 Å². The number of carbonyl (C=O) groups excluding carboxylic acids is 1. The number of hydrogen-bond acceptors (Lipinski definition) is 3. The number of ether oxygens (including phenoxy) is 1. The Balaban J connectivity index is 1.67. The van der Waals surface area contributed by atoms with Crippen LogP contribution < -0.4 is 0 Å². The van der Waals surface area contributed by atoms with E-state index in [0.717, 1.165) is 50.4 Å². The second-order valence-corrected chi connectivity index (χ2v) is 7.45. The van der Waals surface area contributed by atoms with E-state index in [-0.39, 0.29) is 11.7 Å².